The average Bonchev–Trinajstić information content (AvgIpc) is 2.94. The monoisotopic (exact) mass is 577 g/mol. The van der Waals surface area contributed by atoms with Crippen LogP contribution in [0, 0.1) is 0 Å². The Morgan fingerprint density at radius 3 is 2.58 bits per heavy atom. The van der Waals surface area contributed by atoms with Gasteiger partial charge in [0.2, 0.25) is 5.91 Å². The first-order valence-electron chi connectivity index (χ1n) is 12.3. The van der Waals surface area contributed by atoms with E-state index in [4.69, 9.17) is 27.8 Å². The van der Waals surface area contributed by atoms with Gasteiger partial charge in [0.25, 0.3) is 5.91 Å². The standard InChI is InChI=1S/C26H27ClF3N7O3/c1-2-21(38)36-9-10-40-18(13-36)14-37-19(27)12-34-24(32)23(37)22(31)15-3-5-16(6-4-15)25(39)35-20-11-17(7-8-33-20)26(28,29)30/h3-8,11-12,18H,2,9-10,13-14,31H2,1H3,(H2,32,34)(H,33,35,39)/b23-22-/t18-/m1/s1. The molecule has 0 saturated carbocycles. The van der Waals surface area contributed by atoms with Gasteiger partial charge in [-0.05, 0) is 29.8 Å². The van der Waals surface area contributed by atoms with Crippen LogP contribution in [0.15, 0.2) is 64.6 Å². The third-order valence-corrected chi connectivity index (χ3v) is 6.60. The Morgan fingerprint density at radius 1 is 1.20 bits per heavy atom. The molecule has 212 valence electrons. The number of carbonyl (C=O) groups is 2. The second kappa shape index (κ2) is 12.0. The van der Waals surface area contributed by atoms with E-state index in [2.05, 4.69) is 15.3 Å². The zero-order valence-electron chi connectivity index (χ0n) is 21.4. The van der Waals surface area contributed by atoms with Crippen LogP contribution < -0.4 is 16.8 Å². The van der Waals surface area contributed by atoms with Crippen molar-refractivity contribution >= 4 is 40.8 Å². The number of pyridine rings is 1. The van der Waals surface area contributed by atoms with Gasteiger partial charge in [0, 0.05) is 31.3 Å². The smallest absolute Gasteiger partial charge is 0.396 e. The van der Waals surface area contributed by atoms with Crippen molar-refractivity contribution in [3.63, 3.8) is 0 Å². The van der Waals surface area contributed by atoms with Gasteiger partial charge in [-0.3, -0.25) is 9.59 Å². The van der Waals surface area contributed by atoms with Crippen molar-refractivity contribution in [2.45, 2.75) is 25.6 Å². The molecule has 1 saturated heterocycles. The summed E-state index contributed by atoms with van der Waals surface area (Å²) in [7, 11) is 0. The summed E-state index contributed by atoms with van der Waals surface area (Å²) < 4.78 is 44.8. The Balaban J connectivity index is 1.53. The SMILES string of the molecule is CCC(=O)N1CCO[C@@H](CN2C(Cl)=CN=C(N)/C2=C(/N)c2ccc(C(=O)Nc3cc(C(F)(F)F)ccn3)cc2)C1. The number of hydrogen-bond acceptors (Lipinski definition) is 8. The molecule has 5 N–H and O–H groups in total. The van der Waals surface area contributed by atoms with Gasteiger partial charge in [0.05, 0.1) is 36.7 Å². The molecule has 1 fully saturated rings. The number of hydrogen-bond donors (Lipinski definition) is 3. The molecule has 4 rings (SSSR count). The number of anilines is 1. The lowest BCUT2D eigenvalue weighted by atomic mass is 10.1. The van der Waals surface area contributed by atoms with Crippen molar-refractivity contribution in [3.8, 4) is 0 Å². The van der Waals surface area contributed by atoms with Crippen LogP contribution >= 0.6 is 11.6 Å². The van der Waals surface area contributed by atoms with Crippen LogP contribution in [0.1, 0.15) is 34.8 Å². The number of nitrogens with zero attached hydrogens (tertiary/aromatic N) is 4. The third kappa shape index (κ3) is 6.54. The Bertz CT molecular complexity index is 1380. The van der Waals surface area contributed by atoms with E-state index in [1.165, 1.54) is 18.3 Å². The van der Waals surface area contributed by atoms with Crippen LogP contribution in [0.4, 0.5) is 19.0 Å². The summed E-state index contributed by atoms with van der Waals surface area (Å²) >= 11 is 6.47. The molecule has 2 amide bonds. The summed E-state index contributed by atoms with van der Waals surface area (Å²) in [6.07, 6.45) is -2.19. The van der Waals surface area contributed by atoms with E-state index in [1.54, 1.807) is 28.9 Å². The molecule has 1 aromatic carbocycles. The van der Waals surface area contributed by atoms with Crippen LogP contribution in [0.25, 0.3) is 5.70 Å². The summed E-state index contributed by atoms with van der Waals surface area (Å²) in [5.41, 5.74) is 13.0. The molecular formula is C26H27ClF3N7O3. The van der Waals surface area contributed by atoms with E-state index in [9.17, 15) is 22.8 Å². The molecule has 10 nitrogen and oxygen atoms in total. The largest absolute Gasteiger partial charge is 0.416 e. The minimum atomic E-state index is -4.57. The van der Waals surface area contributed by atoms with Crippen molar-refractivity contribution in [1.82, 2.24) is 14.8 Å². The molecular weight excluding hydrogens is 551 g/mol. The van der Waals surface area contributed by atoms with Gasteiger partial charge < -0.3 is 31.3 Å². The molecule has 14 heteroatoms. The number of nitrogens with two attached hydrogens (primary N) is 2. The van der Waals surface area contributed by atoms with Crippen molar-refractivity contribution in [3.05, 3.63) is 76.3 Å². The predicted octanol–water partition coefficient (Wildman–Crippen LogP) is 3.33. The maximum absolute atomic E-state index is 13.0. The molecule has 3 heterocycles. The number of rotatable bonds is 6. The van der Waals surface area contributed by atoms with E-state index in [0.29, 0.717) is 37.4 Å². The highest BCUT2D eigenvalue weighted by Gasteiger charge is 2.32. The molecule has 40 heavy (non-hydrogen) atoms. The van der Waals surface area contributed by atoms with E-state index in [1.807, 2.05) is 0 Å². The molecule has 1 atom stereocenters. The van der Waals surface area contributed by atoms with Crippen LogP contribution in [0.3, 0.4) is 0 Å². The fourth-order valence-corrected chi connectivity index (χ4v) is 4.45. The van der Waals surface area contributed by atoms with E-state index >= 15 is 0 Å². The van der Waals surface area contributed by atoms with Gasteiger partial charge in [-0.1, -0.05) is 30.7 Å². The quantitative estimate of drug-likeness (QED) is 0.448. The van der Waals surface area contributed by atoms with Gasteiger partial charge in [-0.25, -0.2) is 9.98 Å². The van der Waals surface area contributed by atoms with Gasteiger partial charge in [0.1, 0.15) is 22.5 Å². The van der Waals surface area contributed by atoms with Gasteiger partial charge in [0.15, 0.2) is 0 Å². The zero-order chi connectivity index (χ0) is 29.0. The minimum absolute atomic E-state index is 0.0258. The average molecular weight is 578 g/mol. The van der Waals surface area contributed by atoms with E-state index in [-0.39, 0.29) is 46.6 Å². The lowest BCUT2D eigenvalue weighted by Crippen LogP contribution is -2.50. The number of morpholine rings is 1. The van der Waals surface area contributed by atoms with Gasteiger partial charge >= 0.3 is 6.18 Å². The first-order valence-corrected chi connectivity index (χ1v) is 12.7. The summed E-state index contributed by atoms with van der Waals surface area (Å²) in [6, 6.07) is 7.61. The molecule has 0 spiro atoms. The summed E-state index contributed by atoms with van der Waals surface area (Å²) in [5, 5.41) is 2.61. The first kappa shape index (κ1) is 28.9. The van der Waals surface area contributed by atoms with Crippen molar-refractivity contribution < 1.29 is 27.5 Å². The Morgan fingerprint density at radius 2 is 1.90 bits per heavy atom. The van der Waals surface area contributed by atoms with Crippen LogP contribution in [-0.2, 0) is 15.7 Å². The molecule has 0 bridgehead atoms. The molecule has 1 aromatic heterocycles. The lowest BCUT2D eigenvalue weighted by molar-refractivity contribution is -0.139. The number of nitrogens with one attached hydrogen (secondary N) is 1. The lowest BCUT2D eigenvalue weighted by Gasteiger charge is -2.37. The Hall–Kier alpha value is -4.10. The second-order valence-corrected chi connectivity index (χ2v) is 9.37. The van der Waals surface area contributed by atoms with E-state index < -0.39 is 17.6 Å². The normalized spacial score (nSPS) is 19.1. The summed E-state index contributed by atoms with van der Waals surface area (Å²) in [4.78, 5) is 36.1. The third-order valence-electron chi connectivity index (χ3n) is 6.30. The highest BCUT2D eigenvalue weighted by atomic mass is 35.5. The Kier molecular flexibility index (Phi) is 8.64. The molecule has 0 unspecified atom stereocenters. The molecule has 0 radical (unpaired) electrons. The number of alkyl halides is 3. The summed E-state index contributed by atoms with van der Waals surface area (Å²) in [6.45, 7) is 3.31. The van der Waals surface area contributed by atoms with Gasteiger partial charge in [-0.15, -0.1) is 0 Å². The van der Waals surface area contributed by atoms with Crippen molar-refractivity contribution in [2.24, 2.45) is 16.5 Å². The number of benzene rings is 1. The number of aromatic nitrogens is 1. The molecule has 2 aliphatic rings. The van der Waals surface area contributed by atoms with Crippen LogP contribution in [0.2, 0.25) is 0 Å². The number of halogens is 4. The first-order chi connectivity index (χ1) is 19.0. The van der Waals surface area contributed by atoms with Crippen LogP contribution in [-0.4, -0.2) is 64.8 Å². The number of carbonyl (C=O) groups excluding carboxylic acids is 2. The highest BCUT2D eigenvalue weighted by molar-refractivity contribution is 6.30. The number of amidine groups is 1. The number of aliphatic imine (C=N–C) groups is 1. The van der Waals surface area contributed by atoms with Crippen molar-refractivity contribution in [1.29, 1.82) is 0 Å². The minimum Gasteiger partial charge on any atom is -0.396 e. The van der Waals surface area contributed by atoms with Crippen LogP contribution in [0.5, 0.6) is 0 Å². The Labute approximate surface area is 233 Å². The maximum atomic E-state index is 13.0. The predicted molar refractivity (Wildman–Crippen MR) is 144 cm³/mol. The molecule has 2 aliphatic heterocycles. The fourth-order valence-electron chi connectivity index (χ4n) is 4.25. The highest BCUT2D eigenvalue weighted by Crippen LogP contribution is 2.30. The second-order valence-electron chi connectivity index (χ2n) is 8.98. The molecule has 0 aliphatic carbocycles. The fraction of sp³-hybridized carbons (Fsp3) is 0.308. The van der Waals surface area contributed by atoms with E-state index in [0.717, 1.165) is 18.3 Å². The topological polar surface area (TPSA) is 139 Å². The zero-order valence-corrected chi connectivity index (χ0v) is 22.2. The van der Waals surface area contributed by atoms with Gasteiger partial charge in [-0.2, -0.15) is 13.2 Å². The number of amides is 2. The number of ether oxygens (including phenoxy) is 1. The molecule has 2 aromatic rings. The van der Waals surface area contributed by atoms with Crippen molar-refractivity contribution in [2.75, 3.05) is 31.6 Å². The summed E-state index contributed by atoms with van der Waals surface area (Å²) in [5.74, 6) is -0.760. The maximum Gasteiger partial charge on any atom is 0.416 e.